The van der Waals surface area contributed by atoms with Gasteiger partial charge in [0.1, 0.15) is 15.6 Å². The molecule has 22 heavy (non-hydrogen) atoms. The third-order valence-electron chi connectivity index (χ3n) is 3.71. The van der Waals surface area contributed by atoms with Crippen molar-refractivity contribution in [3.8, 4) is 0 Å². The lowest BCUT2D eigenvalue weighted by Gasteiger charge is -2.14. The average Bonchev–Trinajstić information content (AvgIpc) is 3.01. The van der Waals surface area contributed by atoms with Gasteiger partial charge in [-0.25, -0.2) is 8.42 Å². The number of furan rings is 1. The fraction of sp³-hybridized carbons (Fsp3) is 0.533. The van der Waals surface area contributed by atoms with Crippen LogP contribution in [-0.4, -0.2) is 30.2 Å². The van der Waals surface area contributed by atoms with Crippen LogP contribution in [0.3, 0.4) is 0 Å². The Hall–Kier alpha value is -1.60. The molecule has 0 amide bonds. The summed E-state index contributed by atoms with van der Waals surface area (Å²) in [6, 6.07) is 3.90. The molecule has 1 N–H and O–H groups in total. The molecule has 122 valence electrons. The van der Waals surface area contributed by atoms with Gasteiger partial charge in [-0.05, 0) is 32.9 Å². The van der Waals surface area contributed by atoms with Crippen LogP contribution in [0.5, 0.6) is 0 Å². The van der Waals surface area contributed by atoms with Gasteiger partial charge in [-0.2, -0.15) is 5.10 Å². The maximum Gasteiger partial charge on any atom is 0.149 e. The van der Waals surface area contributed by atoms with E-state index in [0.29, 0.717) is 13.1 Å². The molecule has 0 aliphatic carbocycles. The highest BCUT2D eigenvalue weighted by molar-refractivity contribution is 7.90. The van der Waals surface area contributed by atoms with E-state index in [1.807, 2.05) is 26.0 Å². The minimum absolute atomic E-state index is 0.0998. The molecule has 7 heteroatoms. The lowest BCUT2D eigenvalue weighted by molar-refractivity contribution is 0.459. The second-order valence-corrected chi connectivity index (χ2v) is 7.88. The van der Waals surface area contributed by atoms with Gasteiger partial charge in [-0.15, -0.1) is 0 Å². The minimum Gasteiger partial charge on any atom is -0.468 e. The zero-order valence-electron chi connectivity index (χ0n) is 13.5. The normalized spacial score (nSPS) is 13.5. The van der Waals surface area contributed by atoms with Crippen molar-refractivity contribution < 1.29 is 12.8 Å². The number of aryl methyl sites for hydroxylation is 2. The molecule has 2 aromatic heterocycles. The molecule has 0 aliphatic heterocycles. The predicted octanol–water partition coefficient (Wildman–Crippen LogP) is 1.99. The first-order chi connectivity index (χ1) is 10.3. The number of rotatable bonds is 7. The fourth-order valence-electron chi connectivity index (χ4n) is 2.58. The monoisotopic (exact) mass is 325 g/mol. The molecule has 0 radical (unpaired) electrons. The quantitative estimate of drug-likeness (QED) is 0.842. The summed E-state index contributed by atoms with van der Waals surface area (Å²) in [5.74, 6) is 0.981. The van der Waals surface area contributed by atoms with Gasteiger partial charge in [0.2, 0.25) is 0 Å². The number of nitrogens with one attached hydrogen (secondary N) is 1. The van der Waals surface area contributed by atoms with Gasteiger partial charge in [0.15, 0.2) is 0 Å². The largest absolute Gasteiger partial charge is 0.468 e. The fourth-order valence-corrected chi connectivity index (χ4v) is 3.08. The van der Waals surface area contributed by atoms with E-state index in [1.165, 1.54) is 6.26 Å². The predicted molar refractivity (Wildman–Crippen MR) is 85.4 cm³/mol. The maximum atomic E-state index is 11.3. The van der Waals surface area contributed by atoms with Crippen LogP contribution in [0, 0.1) is 13.8 Å². The van der Waals surface area contributed by atoms with Gasteiger partial charge in [0.25, 0.3) is 0 Å². The van der Waals surface area contributed by atoms with Crippen molar-refractivity contribution in [2.45, 2.75) is 39.9 Å². The molecular formula is C15H23N3O3S. The van der Waals surface area contributed by atoms with Gasteiger partial charge in [-0.1, -0.05) is 0 Å². The van der Waals surface area contributed by atoms with Crippen LogP contribution in [0.25, 0.3) is 0 Å². The molecule has 6 nitrogen and oxygen atoms in total. The molecule has 1 atom stereocenters. The third kappa shape index (κ3) is 4.20. The summed E-state index contributed by atoms with van der Waals surface area (Å²) in [4.78, 5) is 0. The average molecular weight is 325 g/mol. The van der Waals surface area contributed by atoms with Crippen molar-refractivity contribution in [2.75, 3.05) is 12.0 Å². The van der Waals surface area contributed by atoms with Crippen LogP contribution in [0.4, 0.5) is 0 Å². The first-order valence-electron chi connectivity index (χ1n) is 7.25. The van der Waals surface area contributed by atoms with Crippen molar-refractivity contribution >= 4 is 9.84 Å². The van der Waals surface area contributed by atoms with Crippen LogP contribution in [0.15, 0.2) is 22.8 Å². The van der Waals surface area contributed by atoms with Crippen molar-refractivity contribution in [1.82, 2.24) is 15.1 Å². The number of sulfone groups is 1. The van der Waals surface area contributed by atoms with E-state index in [2.05, 4.69) is 17.3 Å². The van der Waals surface area contributed by atoms with Gasteiger partial charge < -0.3 is 9.73 Å². The van der Waals surface area contributed by atoms with Crippen LogP contribution in [0.1, 0.15) is 35.7 Å². The number of hydrogen-bond acceptors (Lipinski definition) is 5. The van der Waals surface area contributed by atoms with Crippen LogP contribution < -0.4 is 5.32 Å². The summed E-state index contributed by atoms with van der Waals surface area (Å²) >= 11 is 0. The summed E-state index contributed by atoms with van der Waals surface area (Å²) in [6.07, 6.45) is 2.90. The maximum absolute atomic E-state index is 11.3. The molecule has 0 aliphatic rings. The van der Waals surface area contributed by atoms with E-state index >= 15 is 0 Å². The van der Waals surface area contributed by atoms with E-state index in [0.717, 1.165) is 22.7 Å². The minimum atomic E-state index is -2.99. The van der Waals surface area contributed by atoms with Crippen LogP contribution >= 0.6 is 0 Å². The van der Waals surface area contributed by atoms with Gasteiger partial charge in [0, 0.05) is 23.6 Å². The first-order valence-corrected chi connectivity index (χ1v) is 9.31. The second kappa shape index (κ2) is 6.66. The van der Waals surface area contributed by atoms with Crippen LogP contribution in [0.2, 0.25) is 0 Å². The summed E-state index contributed by atoms with van der Waals surface area (Å²) in [7, 11) is -2.99. The lowest BCUT2D eigenvalue weighted by atomic mass is 10.1. The zero-order valence-corrected chi connectivity index (χ0v) is 14.3. The highest BCUT2D eigenvalue weighted by Crippen LogP contribution is 2.22. The smallest absolute Gasteiger partial charge is 0.149 e. The Bertz CT molecular complexity index is 718. The third-order valence-corrected chi connectivity index (χ3v) is 4.63. The molecule has 0 bridgehead atoms. The van der Waals surface area contributed by atoms with E-state index in [9.17, 15) is 8.42 Å². The molecule has 2 rings (SSSR count). The lowest BCUT2D eigenvalue weighted by Crippen LogP contribution is -2.19. The van der Waals surface area contributed by atoms with E-state index in [1.54, 1.807) is 10.9 Å². The summed E-state index contributed by atoms with van der Waals surface area (Å²) in [5.41, 5.74) is 3.03. The highest BCUT2D eigenvalue weighted by Gasteiger charge is 2.18. The summed E-state index contributed by atoms with van der Waals surface area (Å²) in [6.45, 7) is 7.02. The van der Waals surface area contributed by atoms with Crippen molar-refractivity contribution in [1.29, 1.82) is 0 Å². The molecular weight excluding hydrogens is 302 g/mol. The van der Waals surface area contributed by atoms with E-state index < -0.39 is 9.84 Å². The summed E-state index contributed by atoms with van der Waals surface area (Å²) in [5, 5.41) is 7.87. The topological polar surface area (TPSA) is 77.1 Å². The highest BCUT2D eigenvalue weighted by atomic mass is 32.2. The molecule has 0 saturated carbocycles. The standard InChI is InChI=1S/C15H23N3O3S/c1-11(16-10-14-6-5-8-21-14)15-12(2)17-18(13(15)3)7-9-22(4,19)20/h5-6,8,11,16H,7,9-10H2,1-4H3/t11-/m1/s1. The van der Waals surface area contributed by atoms with Crippen molar-refractivity contribution in [2.24, 2.45) is 0 Å². The van der Waals surface area contributed by atoms with Crippen molar-refractivity contribution in [3.63, 3.8) is 0 Å². The number of nitrogens with zero attached hydrogens (tertiary/aromatic N) is 2. The Morgan fingerprint density at radius 2 is 2.14 bits per heavy atom. The molecule has 2 aromatic rings. The second-order valence-electron chi connectivity index (χ2n) is 5.62. The zero-order chi connectivity index (χ0) is 16.3. The Morgan fingerprint density at radius 3 is 2.73 bits per heavy atom. The Balaban J connectivity index is 2.08. The summed E-state index contributed by atoms with van der Waals surface area (Å²) < 4.78 is 29.7. The molecule has 0 fully saturated rings. The Labute approximate surface area is 131 Å². The Kier molecular flexibility index (Phi) is 5.08. The van der Waals surface area contributed by atoms with E-state index in [4.69, 9.17) is 4.42 Å². The van der Waals surface area contributed by atoms with Gasteiger partial charge >= 0.3 is 0 Å². The van der Waals surface area contributed by atoms with Crippen LogP contribution in [-0.2, 0) is 22.9 Å². The first kappa shape index (κ1) is 16.8. The van der Waals surface area contributed by atoms with Gasteiger partial charge in [0.05, 0.1) is 30.8 Å². The SMILES string of the molecule is Cc1nn(CCS(C)(=O)=O)c(C)c1[C@@H](C)NCc1ccco1. The molecule has 0 unspecified atom stereocenters. The van der Waals surface area contributed by atoms with E-state index in [-0.39, 0.29) is 11.8 Å². The van der Waals surface area contributed by atoms with Gasteiger partial charge in [-0.3, -0.25) is 4.68 Å². The molecule has 0 saturated heterocycles. The molecule has 2 heterocycles. The number of hydrogen-bond donors (Lipinski definition) is 1. The molecule has 0 aromatic carbocycles. The molecule has 0 spiro atoms. The number of aromatic nitrogens is 2. The van der Waals surface area contributed by atoms with Crippen molar-refractivity contribution in [3.05, 3.63) is 41.1 Å². The Morgan fingerprint density at radius 1 is 1.41 bits per heavy atom.